The summed E-state index contributed by atoms with van der Waals surface area (Å²) >= 11 is 0. The van der Waals surface area contributed by atoms with Crippen molar-refractivity contribution in [3.8, 4) is 0 Å². The number of Topliss-reactive ketones (excluding diaryl/α,β-unsaturated/α-hetero) is 1. The zero-order valence-corrected chi connectivity index (χ0v) is 23.6. The Bertz CT molecular complexity index is 1130. The van der Waals surface area contributed by atoms with Gasteiger partial charge < -0.3 is 19.3 Å². The number of carbonyl (C=O) groups excluding carboxylic acids is 3. The maximum atomic E-state index is 17.4. The first-order valence-electron chi connectivity index (χ1n) is 13.8. The van der Waals surface area contributed by atoms with Crippen molar-refractivity contribution in [2.45, 2.75) is 110 Å². The number of alkyl halides is 1. The number of fused-ring (bicyclic) bond motifs is 7. The maximum Gasteiger partial charge on any atom is 0.306 e. The van der Waals surface area contributed by atoms with Gasteiger partial charge in [-0.1, -0.05) is 39.3 Å². The zero-order valence-electron chi connectivity index (χ0n) is 23.6. The molecule has 0 aromatic carbocycles. The van der Waals surface area contributed by atoms with Crippen LogP contribution in [0.15, 0.2) is 23.8 Å². The molecule has 5 rings (SSSR count). The molecule has 0 bridgehead atoms. The summed E-state index contributed by atoms with van der Waals surface area (Å²) in [6.07, 6.45) is 3.96. The molecular weight excluding hydrogens is 491 g/mol. The molecule has 1 saturated heterocycles. The molecular formula is C30H41FO7. The summed E-state index contributed by atoms with van der Waals surface area (Å²) < 4.78 is 35.6. The van der Waals surface area contributed by atoms with Crippen molar-refractivity contribution in [3.05, 3.63) is 23.8 Å². The number of allylic oxidation sites excluding steroid dienone is 4. The Morgan fingerprint density at radius 1 is 1.18 bits per heavy atom. The van der Waals surface area contributed by atoms with Gasteiger partial charge in [-0.25, -0.2) is 4.39 Å². The largest absolute Gasteiger partial charge is 0.458 e. The summed E-state index contributed by atoms with van der Waals surface area (Å²) in [4.78, 5) is 38.6. The summed E-state index contributed by atoms with van der Waals surface area (Å²) in [6.45, 7) is 12.4. The summed E-state index contributed by atoms with van der Waals surface area (Å²) in [7, 11) is 0. The molecule has 0 radical (unpaired) electrons. The molecule has 8 heteroatoms. The lowest BCUT2D eigenvalue weighted by atomic mass is 9.44. The van der Waals surface area contributed by atoms with Gasteiger partial charge in [0.05, 0.1) is 18.6 Å². The van der Waals surface area contributed by atoms with Gasteiger partial charge in [-0.05, 0) is 69.9 Å². The second kappa shape index (κ2) is 8.31. The smallest absolute Gasteiger partial charge is 0.306 e. The first-order valence-corrected chi connectivity index (χ1v) is 13.8. The van der Waals surface area contributed by atoms with Gasteiger partial charge in [0, 0.05) is 16.7 Å². The van der Waals surface area contributed by atoms with Crippen LogP contribution < -0.4 is 0 Å². The Labute approximate surface area is 224 Å². The third kappa shape index (κ3) is 3.66. The molecule has 3 saturated carbocycles. The molecule has 4 aliphatic carbocycles. The Morgan fingerprint density at radius 2 is 1.87 bits per heavy atom. The Hall–Kier alpha value is -1.90. The van der Waals surface area contributed by atoms with Crippen LogP contribution in [0.5, 0.6) is 0 Å². The number of aliphatic hydroxyl groups is 1. The molecule has 7 nitrogen and oxygen atoms in total. The minimum atomic E-state index is -2.02. The van der Waals surface area contributed by atoms with E-state index in [1.807, 2.05) is 27.7 Å². The van der Waals surface area contributed by atoms with E-state index in [-0.39, 0.29) is 30.0 Å². The topological polar surface area (TPSA) is 99.1 Å². The van der Waals surface area contributed by atoms with E-state index in [4.69, 9.17) is 14.2 Å². The lowest BCUT2D eigenvalue weighted by Gasteiger charge is -2.62. The van der Waals surface area contributed by atoms with Crippen molar-refractivity contribution in [1.82, 2.24) is 0 Å². The predicted molar refractivity (Wildman–Crippen MR) is 137 cm³/mol. The molecule has 0 amide bonds. The summed E-state index contributed by atoms with van der Waals surface area (Å²) in [5, 5.41) is 11.6. The van der Waals surface area contributed by atoms with Gasteiger partial charge in [-0.15, -0.1) is 0 Å². The first kappa shape index (κ1) is 27.7. The number of halogens is 1. The Balaban J connectivity index is 1.51. The van der Waals surface area contributed by atoms with Crippen molar-refractivity contribution < 1.29 is 38.1 Å². The fourth-order valence-electron chi connectivity index (χ4n) is 8.55. The molecule has 1 heterocycles. The molecule has 210 valence electrons. The van der Waals surface area contributed by atoms with E-state index in [1.165, 1.54) is 12.2 Å². The third-order valence-electron chi connectivity index (χ3n) is 10.1. The minimum absolute atomic E-state index is 0.0209. The van der Waals surface area contributed by atoms with E-state index < -0.39 is 64.4 Å². The van der Waals surface area contributed by atoms with Gasteiger partial charge >= 0.3 is 5.97 Å². The fourth-order valence-corrected chi connectivity index (χ4v) is 8.55. The van der Waals surface area contributed by atoms with Crippen molar-refractivity contribution in [2.24, 2.45) is 28.1 Å². The summed E-state index contributed by atoms with van der Waals surface area (Å²) in [6, 6.07) is 0. The standard InChI is InChI=1S/C30H41FO7/c1-25(2,3)15-24(35)36-16-22(34)30-23(37-26(4,5)38-30)13-20-19-9-8-17-12-18(32)10-11-27(17,6)29(19,31)21(33)14-28(20,30)7/h10-12,19-21,23,33H,8-9,13-16H2,1-7H3/t19?,20?,21-,23?,27-,28-,29-,30+/m0/s1. The minimum Gasteiger partial charge on any atom is -0.458 e. The molecule has 4 fully saturated rings. The fraction of sp³-hybridized carbons (Fsp3) is 0.767. The van der Waals surface area contributed by atoms with Crippen LogP contribution in [0.2, 0.25) is 0 Å². The number of ketones is 2. The molecule has 8 atom stereocenters. The van der Waals surface area contributed by atoms with E-state index in [9.17, 15) is 19.5 Å². The van der Waals surface area contributed by atoms with E-state index in [1.54, 1.807) is 26.8 Å². The van der Waals surface area contributed by atoms with E-state index >= 15 is 4.39 Å². The normalized spacial score (nSPS) is 45.0. The van der Waals surface area contributed by atoms with Crippen LogP contribution in [0.1, 0.15) is 80.6 Å². The number of esters is 1. The van der Waals surface area contributed by atoms with Crippen LogP contribution in [-0.2, 0) is 28.6 Å². The van der Waals surface area contributed by atoms with Crippen LogP contribution in [-0.4, -0.2) is 58.5 Å². The van der Waals surface area contributed by atoms with Gasteiger partial charge in [0.25, 0.3) is 0 Å². The predicted octanol–water partition coefficient (Wildman–Crippen LogP) is 4.41. The summed E-state index contributed by atoms with van der Waals surface area (Å²) in [5.41, 5.74) is -5.17. The highest BCUT2D eigenvalue weighted by Gasteiger charge is 2.80. The third-order valence-corrected chi connectivity index (χ3v) is 10.1. The number of aliphatic hydroxyl groups excluding tert-OH is 1. The highest BCUT2D eigenvalue weighted by Crippen LogP contribution is 2.72. The van der Waals surface area contributed by atoms with Crippen molar-refractivity contribution in [3.63, 3.8) is 0 Å². The zero-order chi connectivity index (χ0) is 28.1. The molecule has 1 aliphatic heterocycles. The van der Waals surface area contributed by atoms with Crippen LogP contribution in [0.3, 0.4) is 0 Å². The second-order valence-corrected chi connectivity index (χ2v) is 14.2. The quantitative estimate of drug-likeness (QED) is 0.536. The second-order valence-electron chi connectivity index (χ2n) is 14.2. The monoisotopic (exact) mass is 532 g/mol. The van der Waals surface area contributed by atoms with Crippen molar-refractivity contribution in [2.75, 3.05) is 6.61 Å². The Morgan fingerprint density at radius 3 is 2.53 bits per heavy atom. The molecule has 0 aromatic heterocycles. The molecule has 1 N–H and O–H groups in total. The number of ether oxygens (including phenoxy) is 3. The van der Waals surface area contributed by atoms with E-state index in [0.29, 0.717) is 24.8 Å². The van der Waals surface area contributed by atoms with Gasteiger partial charge in [-0.2, -0.15) is 0 Å². The number of hydrogen-bond acceptors (Lipinski definition) is 7. The number of rotatable bonds is 4. The lowest BCUT2D eigenvalue weighted by molar-refractivity contribution is -0.246. The summed E-state index contributed by atoms with van der Waals surface area (Å²) in [5.74, 6) is -3.02. The van der Waals surface area contributed by atoms with Gasteiger partial charge in [0.1, 0.15) is 0 Å². The van der Waals surface area contributed by atoms with Crippen molar-refractivity contribution in [1.29, 1.82) is 0 Å². The van der Waals surface area contributed by atoms with Crippen molar-refractivity contribution >= 4 is 17.5 Å². The molecule has 0 spiro atoms. The maximum absolute atomic E-state index is 17.4. The first-order chi connectivity index (χ1) is 17.4. The molecule has 38 heavy (non-hydrogen) atoms. The average molecular weight is 533 g/mol. The van der Waals surface area contributed by atoms with Crippen LogP contribution in [0.25, 0.3) is 0 Å². The average Bonchev–Trinajstić information content (AvgIpc) is 3.18. The highest BCUT2D eigenvalue weighted by atomic mass is 19.1. The lowest BCUT2D eigenvalue weighted by Crippen LogP contribution is -2.70. The van der Waals surface area contributed by atoms with Gasteiger partial charge in [0.2, 0.25) is 5.78 Å². The van der Waals surface area contributed by atoms with Crippen LogP contribution in [0.4, 0.5) is 4.39 Å². The molecule has 5 aliphatic rings. The highest BCUT2D eigenvalue weighted by molar-refractivity contribution is 6.01. The van der Waals surface area contributed by atoms with Crippen LogP contribution in [0, 0.1) is 28.1 Å². The van der Waals surface area contributed by atoms with Gasteiger partial charge in [0.15, 0.2) is 29.4 Å². The molecule has 0 aromatic rings. The Kier molecular flexibility index (Phi) is 6.05. The number of carbonyl (C=O) groups is 3. The van der Waals surface area contributed by atoms with Gasteiger partial charge in [-0.3, -0.25) is 14.4 Å². The van der Waals surface area contributed by atoms with E-state index in [0.717, 1.165) is 0 Å². The van der Waals surface area contributed by atoms with E-state index in [2.05, 4.69) is 0 Å². The number of hydrogen-bond donors (Lipinski definition) is 1. The van der Waals surface area contributed by atoms with Crippen LogP contribution >= 0.6 is 0 Å². The molecule has 3 unspecified atom stereocenters. The SMILES string of the molecule is CC(C)(C)CC(=O)OCC(=O)[C@@]12OC(C)(C)OC1CC1C3CCC4=CC(=O)C=C[C@]4(C)[C@@]3(F)[C@@H](O)C[C@@]12C.